The lowest BCUT2D eigenvalue weighted by molar-refractivity contribution is -0.137. The molecule has 0 unspecified atom stereocenters. The Morgan fingerprint density at radius 3 is 2.42 bits per heavy atom. The Morgan fingerprint density at radius 2 is 1.77 bits per heavy atom. The van der Waals surface area contributed by atoms with E-state index in [0.717, 1.165) is 37.8 Å². The summed E-state index contributed by atoms with van der Waals surface area (Å²) in [6.45, 7) is 0. The fourth-order valence-electron chi connectivity index (χ4n) is 3.44. The number of benzene rings is 1. The zero-order chi connectivity index (χ0) is 19.1. The highest BCUT2D eigenvalue weighted by atomic mass is 19.2. The summed E-state index contributed by atoms with van der Waals surface area (Å²) in [5, 5.41) is 8.59. The number of Topliss-reactive ketones (excluding diaryl/α,β-unsaturated/α-hetero) is 1. The van der Waals surface area contributed by atoms with Crippen LogP contribution in [0.3, 0.4) is 0 Å². The summed E-state index contributed by atoms with van der Waals surface area (Å²) >= 11 is 0. The summed E-state index contributed by atoms with van der Waals surface area (Å²) in [5.41, 5.74) is 0.230. The van der Waals surface area contributed by atoms with E-state index in [1.807, 2.05) is 0 Å². The number of carboxylic acid groups (broad SMARTS) is 1. The van der Waals surface area contributed by atoms with Crippen LogP contribution in [0.25, 0.3) is 6.08 Å². The van der Waals surface area contributed by atoms with Crippen LogP contribution in [-0.4, -0.2) is 16.9 Å². The SMILES string of the molecule is O=C(O)CCCCCC[C@@H]1C(=O)CC[C@H]1C=Cc1cc(F)c(F)c(F)c1. The lowest BCUT2D eigenvalue weighted by Gasteiger charge is -2.14. The van der Waals surface area contributed by atoms with Gasteiger partial charge >= 0.3 is 5.97 Å². The van der Waals surface area contributed by atoms with E-state index >= 15 is 0 Å². The van der Waals surface area contributed by atoms with Gasteiger partial charge in [-0.25, -0.2) is 13.2 Å². The molecule has 0 aromatic heterocycles. The molecule has 1 saturated carbocycles. The summed E-state index contributed by atoms with van der Waals surface area (Å²) in [4.78, 5) is 22.5. The van der Waals surface area contributed by atoms with Gasteiger partial charge in [0.15, 0.2) is 17.5 Å². The smallest absolute Gasteiger partial charge is 0.303 e. The van der Waals surface area contributed by atoms with Gasteiger partial charge in [0.1, 0.15) is 5.78 Å². The Bertz CT molecular complexity index is 662. The van der Waals surface area contributed by atoms with Gasteiger partial charge < -0.3 is 5.11 Å². The molecular weight excluding hydrogens is 345 g/mol. The van der Waals surface area contributed by atoms with E-state index in [9.17, 15) is 22.8 Å². The Hall–Kier alpha value is -2.11. The van der Waals surface area contributed by atoms with Crippen molar-refractivity contribution in [1.82, 2.24) is 0 Å². The third-order valence-electron chi connectivity index (χ3n) is 4.85. The topological polar surface area (TPSA) is 54.4 Å². The van der Waals surface area contributed by atoms with Gasteiger partial charge in [0, 0.05) is 18.8 Å². The van der Waals surface area contributed by atoms with Crippen LogP contribution in [0.4, 0.5) is 13.2 Å². The van der Waals surface area contributed by atoms with E-state index < -0.39 is 23.4 Å². The minimum Gasteiger partial charge on any atom is -0.481 e. The summed E-state index contributed by atoms with van der Waals surface area (Å²) in [5.74, 6) is -4.65. The first-order valence-electron chi connectivity index (χ1n) is 8.95. The molecule has 0 heterocycles. The van der Waals surface area contributed by atoms with E-state index in [-0.39, 0.29) is 29.6 Å². The van der Waals surface area contributed by atoms with E-state index in [0.29, 0.717) is 19.3 Å². The minimum atomic E-state index is -1.49. The van der Waals surface area contributed by atoms with Crippen LogP contribution in [-0.2, 0) is 9.59 Å². The molecule has 1 aromatic carbocycles. The lowest BCUT2D eigenvalue weighted by Crippen LogP contribution is -2.13. The number of hydrogen-bond donors (Lipinski definition) is 1. The largest absolute Gasteiger partial charge is 0.481 e. The average molecular weight is 368 g/mol. The predicted octanol–water partition coefficient (Wildman–Crippen LogP) is 5.14. The normalized spacial score (nSPS) is 20.2. The van der Waals surface area contributed by atoms with Crippen LogP contribution >= 0.6 is 0 Å². The maximum atomic E-state index is 13.3. The number of carbonyl (C=O) groups excluding carboxylic acids is 1. The second kappa shape index (κ2) is 9.55. The maximum absolute atomic E-state index is 13.3. The number of allylic oxidation sites excluding steroid dienone is 1. The highest BCUT2D eigenvalue weighted by molar-refractivity contribution is 5.84. The van der Waals surface area contributed by atoms with Crippen LogP contribution in [0.1, 0.15) is 56.9 Å². The highest BCUT2D eigenvalue weighted by Gasteiger charge is 2.32. The zero-order valence-corrected chi connectivity index (χ0v) is 14.5. The first-order valence-corrected chi connectivity index (χ1v) is 8.95. The number of rotatable bonds is 9. The second-order valence-corrected chi connectivity index (χ2v) is 6.78. The van der Waals surface area contributed by atoms with Crippen molar-refractivity contribution in [1.29, 1.82) is 0 Å². The molecular formula is C20H23F3O3. The fraction of sp³-hybridized carbons (Fsp3) is 0.500. The zero-order valence-electron chi connectivity index (χ0n) is 14.5. The third kappa shape index (κ3) is 5.71. The molecule has 26 heavy (non-hydrogen) atoms. The van der Waals surface area contributed by atoms with Gasteiger partial charge in [-0.15, -0.1) is 0 Å². The van der Waals surface area contributed by atoms with Gasteiger partial charge in [-0.2, -0.15) is 0 Å². The Balaban J connectivity index is 1.87. The fourth-order valence-corrected chi connectivity index (χ4v) is 3.44. The van der Waals surface area contributed by atoms with Crippen molar-refractivity contribution in [2.45, 2.75) is 51.4 Å². The van der Waals surface area contributed by atoms with Crippen molar-refractivity contribution in [2.75, 3.05) is 0 Å². The monoisotopic (exact) mass is 368 g/mol. The molecule has 0 bridgehead atoms. The number of carbonyl (C=O) groups is 2. The Kier molecular flexibility index (Phi) is 7.42. The van der Waals surface area contributed by atoms with Crippen LogP contribution in [0, 0.1) is 29.3 Å². The Morgan fingerprint density at radius 1 is 1.12 bits per heavy atom. The lowest BCUT2D eigenvalue weighted by atomic mass is 9.89. The van der Waals surface area contributed by atoms with Crippen molar-refractivity contribution < 1.29 is 27.9 Å². The third-order valence-corrected chi connectivity index (χ3v) is 4.85. The number of hydrogen-bond acceptors (Lipinski definition) is 2. The van der Waals surface area contributed by atoms with Crippen LogP contribution in [0.2, 0.25) is 0 Å². The first kappa shape index (κ1) is 20.2. The summed E-state index contributed by atoms with van der Waals surface area (Å²) in [6.07, 6.45) is 8.59. The van der Waals surface area contributed by atoms with Crippen molar-refractivity contribution in [3.05, 3.63) is 41.2 Å². The quantitative estimate of drug-likeness (QED) is 0.485. The molecule has 0 spiro atoms. The van der Waals surface area contributed by atoms with E-state index in [1.165, 1.54) is 6.08 Å². The van der Waals surface area contributed by atoms with Gasteiger partial charge in [-0.05, 0) is 42.9 Å². The van der Waals surface area contributed by atoms with E-state index in [1.54, 1.807) is 6.08 Å². The summed E-state index contributed by atoms with van der Waals surface area (Å²) in [6, 6.07) is 1.87. The predicted molar refractivity (Wildman–Crippen MR) is 91.9 cm³/mol. The van der Waals surface area contributed by atoms with Gasteiger partial charge in [0.25, 0.3) is 0 Å². The number of unbranched alkanes of at least 4 members (excludes halogenated alkanes) is 3. The van der Waals surface area contributed by atoms with E-state index in [2.05, 4.69) is 0 Å². The molecule has 1 aliphatic rings. The summed E-state index contributed by atoms with van der Waals surface area (Å²) < 4.78 is 39.5. The molecule has 142 valence electrons. The van der Waals surface area contributed by atoms with Crippen LogP contribution in [0.15, 0.2) is 18.2 Å². The number of halogens is 3. The summed E-state index contributed by atoms with van der Waals surface area (Å²) in [7, 11) is 0. The molecule has 0 amide bonds. The molecule has 0 aliphatic heterocycles. The number of ketones is 1. The molecule has 3 nitrogen and oxygen atoms in total. The van der Waals surface area contributed by atoms with Crippen LogP contribution in [0.5, 0.6) is 0 Å². The van der Waals surface area contributed by atoms with Crippen LogP contribution < -0.4 is 0 Å². The van der Waals surface area contributed by atoms with Gasteiger partial charge in [0.2, 0.25) is 0 Å². The first-order chi connectivity index (χ1) is 12.4. The van der Waals surface area contributed by atoms with Crippen molar-refractivity contribution >= 4 is 17.8 Å². The van der Waals surface area contributed by atoms with Crippen molar-refractivity contribution in [3.63, 3.8) is 0 Å². The molecule has 0 saturated heterocycles. The number of carboxylic acids is 1. The maximum Gasteiger partial charge on any atom is 0.303 e. The molecule has 0 radical (unpaired) electrons. The average Bonchev–Trinajstić information content (AvgIpc) is 2.93. The number of aliphatic carboxylic acids is 1. The van der Waals surface area contributed by atoms with Crippen molar-refractivity contribution in [2.24, 2.45) is 11.8 Å². The molecule has 1 N–H and O–H groups in total. The highest BCUT2D eigenvalue weighted by Crippen LogP contribution is 2.34. The molecule has 2 atom stereocenters. The van der Waals surface area contributed by atoms with Gasteiger partial charge in [0.05, 0.1) is 0 Å². The standard InChI is InChI=1S/C20H23F3O3/c21-16-11-13(12-17(22)20(16)23)7-8-14-9-10-18(24)15(14)5-3-1-2-4-6-19(25)26/h7-8,11-12,14-15H,1-6,9-10H2,(H,25,26)/t14-,15+/m1/s1. The molecule has 1 aliphatic carbocycles. The Labute approximate surface area is 150 Å². The van der Waals surface area contributed by atoms with Gasteiger partial charge in [-0.1, -0.05) is 31.4 Å². The van der Waals surface area contributed by atoms with Crippen molar-refractivity contribution in [3.8, 4) is 0 Å². The second-order valence-electron chi connectivity index (χ2n) is 6.78. The minimum absolute atomic E-state index is 0.0118. The molecule has 1 aromatic rings. The molecule has 6 heteroatoms. The molecule has 1 fully saturated rings. The van der Waals surface area contributed by atoms with E-state index in [4.69, 9.17) is 5.11 Å². The molecule has 2 rings (SSSR count). The van der Waals surface area contributed by atoms with Gasteiger partial charge in [-0.3, -0.25) is 9.59 Å².